The molecule has 0 aliphatic carbocycles. The minimum absolute atomic E-state index is 0.0380. The Kier molecular flexibility index (Phi) is 5.11. The van der Waals surface area contributed by atoms with E-state index in [1.807, 2.05) is 51.9 Å². The van der Waals surface area contributed by atoms with Gasteiger partial charge in [0.25, 0.3) is 11.5 Å². The molecule has 2 aliphatic rings. The van der Waals surface area contributed by atoms with Gasteiger partial charge in [-0.05, 0) is 48.7 Å². The Morgan fingerprint density at radius 3 is 2.61 bits per heavy atom. The van der Waals surface area contributed by atoms with E-state index in [1.165, 1.54) is 0 Å². The van der Waals surface area contributed by atoms with Gasteiger partial charge in [0.05, 0.1) is 6.54 Å². The lowest BCUT2D eigenvalue weighted by Crippen LogP contribution is -2.49. The van der Waals surface area contributed by atoms with Crippen LogP contribution in [0.15, 0.2) is 63.8 Å². The first kappa shape index (κ1) is 19.6. The fourth-order valence-corrected chi connectivity index (χ4v) is 4.79. The second kappa shape index (κ2) is 8.07. The fraction of sp³-hybridized carbons (Fsp3) is 0.333. The van der Waals surface area contributed by atoms with E-state index in [1.54, 1.807) is 12.1 Å². The predicted octanol–water partition coefficient (Wildman–Crippen LogP) is 2.81. The third kappa shape index (κ3) is 3.77. The monoisotopic (exact) mass is 419 g/mol. The van der Waals surface area contributed by atoms with E-state index in [0.29, 0.717) is 49.0 Å². The van der Waals surface area contributed by atoms with Crippen molar-refractivity contribution in [3.63, 3.8) is 0 Å². The summed E-state index contributed by atoms with van der Waals surface area (Å²) in [6.07, 6.45) is 1.00. The van der Waals surface area contributed by atoms with Gasteiger partial charge in [-0.3, -0.25) is 9.59 Å². The number of likely N-dealkylation sites (tertiary alicyclic amines) is 1. The van der Waals surface area contributed by atoms with Crippen LogP contribution in [0.25, 0.3) is 0 Å². The van der Waals surface area contributed by atoms with Gasteiger partial charge in [0.2, 0.25) is 0 Å². The lowest BCUT2D eigenvalue weighted by atomic mass is 9.83. The summed E-state index contributed by atoms with van der Waals surface area (Å²) < 4.78 is 7.35. The molecule has 2 aliphatic heterocycles. The summed E-state index contributed by atoms with van der Waals surface area (Å²) in [5, 5.41) is 12.3. The topological polar surface area (TPSA) is 87.7 Å². The van der Waals surface area contributed by atoms with Crippen LogP contribution in [0.3, 0.4) is 0 Å². The van der Waals surface area contributed by atoms with E-state index in [2.05, 4.69) is 5.32 Å². The molecule has 2 bridgehead atoms. The molecule has 1 fully saturated rings. The summed E-state index contributed by atoms with van der Waals surface area (Å²) in [7, 11) is 0. The lowest BCUT2D eigenvalue weighted by molar-refractivity contribution is 0.0594. The van der Waals surface area contributed by atoms with Gasteiger partial charge in [-0.1, -0.05) is 18.2 Å². The van der Waals surface area contributed by atoms with E-state index >= 15 is 0 Å². The molecule has 1 amide bonds. The molecule has 7 nitrogen and oxygen atoms in total. The number of nitrogens with one attached hydrogen (secondary N) is 1. The number of anilines is 1. The molecule has 7 heteroatoms. The van der Waals surface area contributed by atoms with Crippen LogP contribution in [0.2, 0.25) is 0 Å². The van der Waals surface area contributed by atoms with Crippen molar-refractivity contribution in [1.29, 1.82) is 0 Å². The third-order valence-electron chi connectivity index (χ3n) is 6.24. The second-order valence-electron chi connectivity index (χ2n) is 8.34. The Hall–Kier alpha value is -3.32. The summed E-state index contributed by atoms with van der Waals surface area (Å²) in [6, 6.07) is 16.7. The summed E-state index contributed by atoms with van der Waals surface area (Å²) in [5.74, 6) is 1.66. The molecule has 31 heavy (non-hydrogen) atoms. The van der Waals surface area contributed by atoms with Crippen molar-refractivity contribution in [2.75, 3.05) is 18.4 Å². The van der Waals surface area contributed by atoms with Gasteiger partial charge in [0.1, 0.15) is 23.8 Å². The zero-order chi connectivity index (χ0) is 21.4. The Balaban J connectivity index is 1.34. The zero-order valence-corrected chi connectivity index (χ0v) is 17.2. The van der Waals surface area contributed by atoms with Crippen molar-refractivity contribution >= 4 is 11.6 Å². The Morgan fingerprint density at radius 2 is 1.84 bits per heavy atom. The molecular weight excluding hydrogens is 394 g/mol. The van der Waals surface area contributed by atoms with Crippen molar-refractivity contribution in [3.05, 3.63) is 87.7 Å². The highest BCUT2D eigenvalue weighted by molar-refractivity contribution is 5.94. The highest BCUT2D eigenvalue weighted by atomic mass is 16.4. The number of hydrogen-bond acceptors (Lipinski definition) is 5. The predicted molar refractivity (Wildman–Crippen MR) is 116 cm³/mol. The quantitative estimate of drug-likeness (QED) is 0.664. The van der Waals surface area contributed by atoms with Gasteiger partial charge < -0.3 is 24.3 Å². The molecule has 0 saturated carbocycles. The standard InChI is InChI=1S/C24H25N3O4/c28-15-20-7-6-19(31-20)11-25-21-8-9-22-18-10-16(13-27(22)24(21)30)12-26(14-18)23(29)17-4-2-1-3-5-17/h1-9,16,18,25,28H,10-15H2/t16-,18-/m1/s1. The number of aromatic nitrogens is 1. The first-order valence-electron chi connectivity index (χ1n) is 10.6. The number of rotatable bonds is 5. The van der Waals surface area contributed by atoms with Crippen molar-refractivity contribution < 1.29 is 14.3 Å². The number of aliphatic hydroxyl groups excluding tert-OH is 1. The van der Waals surface area contributed by atoms with Crippen LogP contribution >= 0.6 is 0 Å². The van der Waals surface area contributed by atoms with Gasteiger partial charge >= 0.3 is 0 Å². The molecule has 0 unspecified atom stereocenters. The molecule has 2 N–H and O–H groups in total. The van der Waals surface area contributed by atoms with Crippen molar-refractivity contribution in [2.45, 2.75) is 32.0 Å². The van der Waals surface area contributed by atoms with Gasteiger partial charge in [0, 0.05) is 36.8 Å². The number of aliphatic hydroxyl groups is 1. The number of pyridine rings is 1. The van der Waals surface area contributed by atoms with Crippen molar-refractivity contribution in [1.82, 2.24) is 9.47 Å². The minimum atomic E-state index is -0.145. The maximum Gasteiger partial charge on any atom is 0.274 e. The number of amides is 1. The largest absolute Gasteiger partial charge is 0.462 e. The molecule has 1 saturated heterocycles. The first-order chi connectivity index (χ1) is 15.1. The maximum atomic E-state index is 13.1. The highest BCUT2D eigenvalue weighted by Crippen LogP contribution is 2.36. The van der Waals surface area contributed by atoms with Gasteiger partial charge in [-0.15, -0.1) is 0 Å². The lowest BCUT2D eigenvalue weighted by Gasteiger charge is -2.43. The van der Waals surface area contributed by atoms with Crippen LogP contribution in [0.4, 0.5) is 5.69 Å². The molecule has 5 rings (SSSR count). The van der Waals surface area contributed by atoms with Crippen LogP contribution in [-0.2, 0) is 19.7 Å². The average molecular weight is 419 g/mol. The number of furan rings is 1. The Bertz CT molecular complexity index is 1150. The molecule has 2 atom stereocenters. The number of nitrogens with zero attached hydrogens (tertiary/aromatic N) is 2. The van der Waals surface area contributed by atoms with Gasteiger partial charge in [-0.25, -0.2) is 0 Å². The van der Waals surface area contributed by atoms with Gasteiger partial charge in [0.15, 0.2) is 0 Å². The SMILES string of the molecule is O=C(c1ccccc1)N1C[C@H]2C[C@H](C1)c1ccc(NCc3ccc(CO)o3)c(=O)n1C2. The Labute approximate surface area is 179 Å². The third-order valence-corrected chi connectivity index (χ3v) is 6.24. The number of carbonyl (C=O) groups is 1. The number of fused-ring (bicyclic) bond motifs is 4. The van der Waals surface area contributed by atoms with Crippen LogP contribution < -0.4 is 10.9 Å². The number of benzene rings is 1. The molecular formula is C24H25N3O4. The molecule has 0 spiro atoms. The number of piperidine rings is 1. The second-order valence-corrected chi connectivity index (χ2v) is 8.34. The van der Waals surface area contributed by atoms with E-state index in [0.717, 1.165) is 12.1 Å². The maximum absolute atomic E-state index is 13.1. The van der Waals surface area contributed by atoms with E-state index < -0.39 is 0 Å². The van der Waals surface area contributed by atoms with E-state index in [9.17, 15) is 9.59 Å². The molecule has 1 aromatic carbocycles. The Morgan fingerprint density at radius 1 is 1.03 bits per heavy atom. The number of hydrogen-bond donors (Lipinski definition) is 2. The van der Waals surface area contributed by atoms with Gasteiger partial charge in [-0.2, -0.15) is 0 Å². The molecule has 3 aromatic rings. The summed E-state index contributed by atoms with van der Waals surface area (Å²) in [6.45, 7) is 2.15. The van der Waals surface area contributed by atoms with Crippen molar-refractivity contribution in [2.24, 2.45) is 5.92 Å². The molecule has 160 valence electrons. The van der Waals surface area contributed by atoms with Crippen LogP contribution in [0.5, 0.6) is 0 Å². The normalized spacial score (nSPS) is 19.7. The van der Waals surface area contributed by atoms with Crippen LogP contribution in [-0.4, -0.2) is 33.6 Å². The van der Waals surface area contributed by atoms with Crippen LogP contribution in [0.1, 0.15) is 39.9 Å². The molecule has 4 heterocycles. The molecule has 2 aromatic heterocycles. The summed E-state index contributed by atoms with van der Waals surface area (Å²) in [5.41, 5.74) is 2.20. The summed E-state index contributed by atoms with van der Waals surface area (Å²) in [4.78, 5) is 28.0. The van der Waals surface area contributed by atoms with E-state index in [-0.39, 0.29) is 29.9 Å². The fourth-order valence-electron chi connectivity index (χ4n) is 4.79. The summed E-state index contributed by atoms with van der Waals surface area (Å²) >= 11 is 0. The highest BCUT2D eigenvalue weighted by Gasteiger charge is 2.36. The van der Waals surface area contributed by atoms with Crippen molar-refractivity contribution in [3.8, 4) is 0 Å². The number of carbonyl (C=O) groups excluding carboxylic acids is 1. The molecule has 0 radical (unpaired) electrons. The smallest absolute Gasteiger partial charge is 0.274 e. The first-order valence-corrected chi connectivity index (χ1v) is 10.6. The average Bonchev–Trinajstić information content (AvgIpc) is 3.27. The van der Waals surface area contributed by atoms with E-state index in [4.69, 9.17) is 9.52 Å². The zero-order valence-electron chi connectivity index (χ0n) is 17.2. The minimum Gasteiger partial charge on any atom is -0.462 e. The van der Waals surface area contributed by atoms with Crippen LogP contribution in [0, 0.1) is 5.92 Å².